The second-order valence-corrected chi connectivity index (χ2v) is 8.31. The van der Waals surface area contributed by atoms with E-state index in [-0.39, 0.29) is 0 Å². The molecule has 4 nitrogen and oxygen atoms in total. The molecule has 1 heterocycles. The number of thiazole rings is 1. The zero-order valence-corrected chi connectivity index (χ0v) is 14.5. The van der Waals surface area contributed by atoms with Crippen molar-refractivity contribution in [1.82, 2.24) is 9.71 Å². The highest BCUT2D eigenvalue weighted by Crippen LogP contribution is 2.27. The van der Waals surface area contributed by atoms with E-state index < -0.39 is 15.6 Å². The average Bonchev–Trinajstić information content (AvgIpc) is 2.78. The molecule has 1 aromatic heterocycles. The van der Waals surface area contributed by atoms with Gasteiger partial charge in [0.15, 0.2) is 0 Å². The van der Waals surface area contributed by atoms with E-state index in [0.29, 0.717) is 4.90 Å². The molecule has 0 radical (unpaired) electrons. The summed E-state index contributed by atoms with van der Waals surface area (Å²) < 4.78 is 28.3. The quantitative estimate of drug-likeness (QED) is 0.939. The van der Waals surface area contributed by atoms with Crippen LogP contribution in [0.5, 0.6) is 0 Å². The summed E-state index contributed by atoms with van der Waals surface area (Å²) in [5.41, 5.74) is 1.84. The van der Waals surface area contributed by atoms with Gasteiger partial charge >= 0.3 is 0 Å². The van der Waals surface area contributed by atoms with Gasteiger partial charge in [-0.05, 0) is 45.7 Å². The first-order valence-electron chi connectivity index (χ1n) is 6.65. The normalized spacial score (nSPS) is 12.6. The van der Waals surface area contributed by atoms with Gasteiger partial charge in [0.2, 0.25) is 10.0 Å². The molecule has 1 aromatic carbocycles. The van der Waals surface area contributed by atoms with Crippen LogP contribution in [0.2, 0.25) is 0 Å². The molecular weight excluding hydrogens is 304 g/mol. The zero-order valence-electron chi connectivity index (χ0n) is 12.9. The van der Waals surface area contributed by atoms with Crippen molar-refractivity contribution >= 4 is 21.4 Å². The highest BCUT2D eigenvalue weighted by Gasteiger charge is 2.31. The highest BCUT2D eigenvalue weighted by atomic mass is 32.2. The summed E-state index contributed by atoms with van der Waals surface area (Å²) in [4.78, 5) is 4.58. The fourth-order valence-corrected chi connectivity index (χ4v) is 5.17. The van der Waals surface area contributed by atoms with E-state index in [1.165, 1.54) is 11.3 Å². The van der Waals surface area contributed by atoms with Crippen molar-refractivity contribution < 1.29 is 8.42 Å². The van der Waals surface area contributed by atoms with Crippen LogP contribution in [0.1, 0.15) is 35.5 Å². The molecule has 0 atom stereocenters. The van der Waals surface area contributed by atoms with Crippen molar-refractivity contribution in [1.29, 1.82) is 0 Å². The lowest BCUT2D eigenvalue weighted by Crippen LogP contribution is -2.41. The standard InChI is InChI=1S/C15H20N2O2S2/c1-10-8-11(2)13(12(3)9-10)21(18,19)17-15(4,5)14-16-6-7-20-14/h6-9,17H,1-5H3. The first-order valence-corrected chi connectivity index (χ1v) is 9.01. The Hall–Kier alpha value is -1.24. The van der Waals surface area contributed by atoms with Crippen molar-refractivity contribution in [3.05, 3.63) is 45.4 Å². The summed E-state index contributed by atoms with van der Waals surface area (Å²) in [6.45, 7) is 9.25. The smallest absolute Gasteiger partial charge is 0.241 e. The maximum atomic E-state index is 12.8. The van der Waals surface area contributed by atoms with Gasteiger partial charge in [0, 0.05) is 11.6 Å². The lowest BCUT2D eigenvalue weighted by Gasteiger charge is -2.25. The van der Waals surface area contributed by atoms with E-state index in [1.807, 2.05) is 52.1 Å². The van der Waals surface area contributed by atoms with E-state index in [1.54, 1.807) is 6.20 Å². The van der Waals surface area contributed by atoms with Gasteiger partial charge in [-0.15, -0.1) is 11.3 Å². The number of hydrogen-bond donors (Lipinski definition) is 1. The topological polar surface area (TPSA) is 59.1 Å². The third kappa shape index (κ3) is 3.33. The highest BCUT2D eigenvalue weighted by molar-refractivity contribution is 7.89. The van der Waals surface area contributed by atoms with Crippen LogP contribution in [-0.2, 0) is 15.6 Å². The lowest BCUT2D eigenvalue weighted by molar-refractivity contribution is 0.469. The number of aromatic nitrogens is 1. The molecule has 0 aliphatic heterocycles. The Balaban J connectivity index is 2.45. The van der Waals surface area contributed by atoms with E-state index in [0.717, 1.165) is 21.7 Å². The van der Waals surface area contributed by atoms with Crippen LogP contribution in [0.3, 0.4) is 0 Å². The minimum atomic E-state index is -3.61. The monoisotopic (exact) mass is 324 g/mol. The van der Waals surface area contributed by atoms with Crippen molar-refractivity contribution in [2.24, 2.45) is 0 Å². The molecule has 0 fully saturated rings. The van der Waals surface area contributed by atoms with Gasteiger partial charge in [-0.3, -0.25) is 0 Å². The van der Waals surface area contributed by atoms with Gasteiger partial charge in [-0.25, -0.2) is 13.4 Å². The predicted octanol–water partition coefficient (Wildman–Crippen LogP) is 3.28. The number of rotatable bonds is 4. The second-order valence-electron chi connectivity index (χ2n) is 5.80. The van der Waals surface area contributed by atoms with Gasteiger partial charge in [-0.2, -0.15) is 4.72 Å². The molecule has 0 bridgehead atoms. The Morgan fingerprint density at radius 1 is 1.14 bits per heavy atom. The van der Waals surface area contributed by atoms with Crippen LogP contribution in [-0.4, -0.2) is 13.4 Å². The molecule has 1 N–H and O–H groups in total. The fourth-order valence-electron chi connectivity index (χ4n) is 2.55. The first kappa shape index (κ1) is 16.1. The molecule has 2 rings (SSSR count). The molecule has 0 saturated carbocycles. The fraction of sp³-hybridized carbons (Fsp3) is 0.400. The number of nitrogens with zero attached hydrogens (tertiary/aromatic N) is 1. The Labute approximate surface area is 130 Å². The number of sulfonamides is 1. The number of aryl methyl sites for hydroxylation is 3. The van der Waals surface area contributed by atoms with E-state index >= 15 is 0 Å². The van der Waals surface area contributed by atoms with Crippen LogP contribution in [0.4, 0.5) is 0 Å². The van der Waals surface area contributed by atoms with Crippen LogP contribution >= 0.6 is 11.3 Å². The third-order valence-corrected chi connectivity index (χ3v) is 6.29. The molecule has 0 aliphatic rings. The average molecular weight is 324 g/mol. The molecule has 0 amide bonds. The lowest BCUT2D eigenvalue weighted by atomic mass is 10.1. The molecule has 0 aliphatic carbocycles. The predicted molar refractivity (Wildman–Crippen MR) is 86.1 cm³/mol. The summed E-state index contributed by atoms with van der Waals surface area (Å²) in [5.74, 6) is 0. The minimum absolute atomic E-state index is 0.359. The molecular formula is C15H20N2O2S2. The Morgan fingerprint density at radius 3 is 2.19 bits per heavy atom. The summed E-state index contributed by atoms with van der Waals surface area (Å²) >= 11 is 1.44. The van der Waals surface area contributed by atoms with Gasteiger partial charge in [0.05, 0.1) is 10.4 Å². The van der Waals surface area contributed by atoms with Crippen molar-refractivity contribution in [2.75, 3.05) is 0 Å². The zero-order chi connectivity index (χ0) is 15.8. The number of hydrogen-bond acceptors (Lipinski definition) is 4. The molecule has 0 saturated heterocycles. The minimum Gasteiger partial charge on any atom is -0.248 e. The number of benzene rings is 1. The first-order chi connectivity index (χ1) is 9.63. The summed E-state index contributed by atoms with van der Waals surface area (Å²) in [5, 5.41) is 2.59. The van der Waals surface area contributed by atoms with E-state index in [4.69, 9.17) is 0 Å². The molecule has 21 heavy (non-hydrogen) atoms. The van der Waals surface area contributed by atoms with E-state index in [2.05, 4.69) is 9.71 Å². The largest absolute Gasteiger partial charge is 0.248 e. The van der Waals surface area contributed by atoms with Gasteiger partial charge in [0.1, 0.15) is 5.01 Å². The molecule has 2 aromatic rings. The SMILES string of the molecule is Cc1cc(C)c(S(=O)(=O)NC(C)(C)c2nccs2)c(C)c1. The Morgan fingerprint density at radius 2 is 1.71 bits per heavy atom. The van der Waals surface area contributed by atoms with Crippen molar-refractivity contribution in [3.8, 4) is 0 Å². The molecule has 0 unspecified atom stereocenters. The van der Waals surface area contributed by atoms with Crippen molar-refractivity contribution in [2.45, 2.75) is 45.1 Å². The maximum absolute atomic E-state index is 12.8. The molecule has 0 spiro atoms. The van der Waals surface area contributed by atoms with Gasteiger partial charge < -0.3 is 0 Å². The van der Waals surface area contributed by atoms with Gasteiger partial charge in [-0.1, -0.05) is 17.7 Å². The second kappa shape index (κ2) is 5.51. The summed E-state index contributed by atoms with van der Waals surface area (Å²) in [7, 11) is -3.61. The van der Waals surface area contributed by atoms with Gasteiger partial charge in [0.25, 0.3) is 0 Å². The third-order valence-electron chi connectivity index (χ3n) is 3.23. The Kier molecular flexibility index (Phi) is 4.24. The van der Waals surface area contributed by atoms with Crippen molar-refractivity contribution in [3.63, 3.8) is 0 Å². The Bertz CT molecular complexity index is 725. The van der Waals surface area contributed by atoms with Crippen LogP contribution < -0.4 is 4.72 Å². The van der Waals surface area contributed by atoms with Crippen LogP contribution in [0, 0.1) is 20.8 Å². The maximum Gasteiger partial charge on any atom is 0.241 e. The molecule has 6 heteroatoms. The summed E-state index contributed by atoms with van der Waals surface area (Å²) in [6.07, 6.45) is 1.68. The molecule has 114 valence electrons. The van der Waals surface area contributed by atoms with Crippen LogP contribution in [0.25, 0.3) is 0 Å². The van der Waals surface area contributed by atoms with E-state index in [9.17, 15) is 8.42 Å². The van der Waals surface area contributed by atoms with Crippen LogP contribution in [0.15, 0.2) is 28.6 Å². The summed E-state index contributed by atoms with van der Waals surface area (Å²) in [6, 6.07) is 3.77. The number of nitrogens with one attached hydrogen (secondary N) is 1.